The Morgan fingerprint density at radius 2 is 1.68 bits per heavy atom. The van der Waals surface area contributed by atoms with E-state index in [0.717, 1.165) is 22.3 Å². The van der Waals surface area contributed by atoms with Crippen molar-refractivity contribution in [3.8, 4) is 0 Å². The van der Waals surface area contributed by atoms with E-state index in [-0.39, 0.29) is 0 Å². The number of halogens is 6. The third-order valence-electron chi connectivity index (χ3n) is 2.42. The minimum absolute atomic E-state index is 0.858. The van der Waals surface area contributed by atoms with E-state index in [2.05, 4.69) is 27.4 Å². The fourth-order valence-corrected chi connectivity index (χ4v) is 1.81. The van der Waals surface area contributed by atoms with Gasteiger partial charge in [-0.25, -0.2) is 14.5 Å². The van der Waals surface area contributed by atoms with Crippen molar-refractivity contribution in [2.75, 3.05) is 28.2 Å². The summed E-state index contributed by atoms with van der Waals surface area (Å²) in [5, 5.41) is 1.03. The van der Waals surface area contributed by atoms with Gasteiger partial charge in [0, 0.05) is 31.9 Å². The van der Waals surface area contributed by atoms with E-state index in [9.17, 15) is 20.8 Å². The van der Waals surface area contributed by atoms with Crippen molar-refractivity contribution < 1.29 is 25.4 Å². The van der Waals surface area contributed by atoms with Crippen LogP contribution in [0.3, 0.4) is 0 Å². The zero-order chi connectivity index (χ0) is 19.5. The number of H-pyrrole nitrogens is 1. The van der Waals surface area contributed by atoms with Gasteiger partial charge in [0.1, 0.15) is 26.1 Å². The Morgan fingerprint density at radius 3 is 2.16 bits per heavy atom. The van der Waals surface area contributed by atoms with Crippen LogP contribution in [0.15, 0.2) is 24.8 Å². The van der Waals surface area contributed by atoms with Gasteiger partial charge < -0.3 is 9.88 Å². The van der Waals surface area contributed by atoms with Gasteiger partial charge in [0.25, 0.3) is 0 Å². The molecule has 0 atom stereocenters. The number of fused-ring (bicyclic) bond motifs is 1. The van der Waals surface area contributed by atoms with E-state index in [1.54, 1.807) is 6.33 Å². The predicted octanol–water partition coefficient (Wildman–Crippen LogP) is 3.34. The number of hydrogen-bond donors (Lipinski definition) is 1. The standard InChI is InChI=1S/C13H18N5.AsF6/c1-17(2)7-10(8-18(3)4)12-11-5-6-14-13(11)16-9-15-12;2-1(3,4,5,6)7/h5-9H,1-4H3,(H,14,15,16);/q+1;-1. The molecule has 2 rings (SSSR count). The second-order valence-corrected chi connectivity index (χ2v) is 9.58. The first-order valence-electron chi connectivity index (χ1n) is 6.77. The zero-order valence-electron chi connectivity index (χ0n) is 13.9. The first kappa shape index (κ1) is 21.0. The molecule has 0 fully saturated rings. The molecule has 0 aliphatic heterocycles. The van der Waals surface area contributed by atoms with Crippen molar-refractivity contribution in [3.05, 3.63) is 30.5 Å². The summed E-state index contributed by atoms with van der Waals surface area (Å²) >= 11 is -11.1. The van der Waals surface area contributed by atoms with Crippen molar-refractivity contribution in [1.82, 2.24) is 19.9 Å². The van der Waals surface area contributed by atoms with E-state index in [1.807, 2.05) is 49.9 Å². The molecular formula is C13H18AsF6N5. The fraction of sp³-hybridized carbons (Fsp3) is 0.308. The van der Waals surface area contributed by atoms with Crippen molar-refractivity contribution in [2.24, 2.45) is 0 Å². The summed E-state index contributed by atoms with van der Waals surface area (Å²) in [5.41, 5.74) is 2.84. The minimum atomic E-state index is -11.1. The molecule has 142 valence electrons. The Balaban J connectivity index is 0.000000381. The number of hydrogen-bond acceptors (Lipinski definition) is 3. The molecule has 5 nitrogen and oxygen atoms in total. The molecule has 0 radical (unpaired) electrons. The Bertz CT molecular complexity index is 792. The predicted molar refractivity (Wildman–Crippen MR) is 86.1 cm³/mol. The Kier molecular flexibility index (Phi) is 5.35. The van der Waals surface area contributed by atoms with Crippen LogP contribution in [0.1, 0.15) is 5.69 Å². The average molecular weight is 433 g/mol. The molecule has 0 saturated carbocycles. The molecular weight excluding hydrogens is 415 g/mol. The Labute approximate surface area is 141 Å². The second-order valence-electron chi connectivity index (χ2n) is 5.56. The van der Waals surface area contributed by atoms with Gasteiger partial charge in [0.15, 0.2) is 6.21 Å². The molecule has 25 heavy (non-hydrogen) atoms. The van der Waals surface area contributed by atoms with Crippen LogP contribution in [-0.4, -0.2) is 73.0 Å². The van der Waals surface area contributed by atoms with Crippen molar-refractivity contribution in [1.29, 1.82) is 0 Å². The van der Waals surface area contributed by atoms with Gasteiger partial charge >= 0.3 is 35.0 Å². The summed E-state index contributed by atoms with van der Waals surface area (Å²) in [4.78, 5) is 13.7. The molecule has 2 heterocycles. The Hall–Kier alpha value is -2.03. The van der Waals surface area contributed by atoms with E-state index in [4.69, 9.17) is 0 Å². The molecule has 0 saturated heterocycles. The van der Waals surface area contributed by atoms with Gasteiger partial charge in [0.05, 0.1) is 11.3 Å². The van der Waals surface area contributed by atoms with Gasteiger partial charge in [-0.1, -0.05) is 0 Å². The van der Waals surface area contributed by atoms with Gasteiger partial charge in [0.2, 0.25) is 0 Å². The fourth-order valence-electron chi connectivity index (χ4n) is 1.81. The SMILES string of the molecule is CN(C)/C=C(\C=[N+](C)C)c1ncnc2[nH]ccc12.F[As-](F)(F)(F)(F)F. The van der Waals surface area contributed by atoms with Crippen LogP contribution in [0.4, 0.5) is 20.8 Å². The van der Waals surface area contributed by atoms with Gasteiger partial charge in [-0.2, -0.15) is 0 Å². The van der Waals surface area contributed by atoms with E-state index in [0.29, 0.717) is 0 Å². The summed E-state index contributed by atoms with van der Waals surface area (Å²) in [5.74, 6) is 0. The molecule has 0 amide bonds. The van der Waals surface area contributed by atoms with Crippen LogP contribution in [0.5, 0.6) is 0 Å². The quantitative estimate of drug-likeness (QED) is 0.350. The van der Waals surface area contributed by atoms with Crippen LogP contribution in [0.2, 0.25) is 0 Å². The molecule has 2 aromatic heterocycles. The third kappa shape index (κ3) is 9.75. The molecule has 0 aliphatic rings. The number of allylic oxidation sites excluding steroid dienone is 1. The normalized spacial score (nSPS) is 14.9. The molecule has 1 N–H and O–H groups in total. The first-order valence-corrected chi connectivity index (χ1v) is 11.0. The second kappa shape index (κ2) is 6.36. The number of nitrogens with zero attached hydrogens (tertiary/aromatic N) is 4. The summed E-state index contributed by atoms with van der Waals surface area (Å²) < 4.78 is 61.4. The summed E-state index contributed by atoms with van der Waals surface area (Å²) in [6.45, 7) is 0. The van der Waals surface area contributed by atoms with Gasteiger partial charge in [-0.05, 0) is 6.07 Å². The first-order chi connectivity index (χ1) is 11.0. The third-order valence-corrected chi connectivity index (χ3v) is 2.42. The molecule has 0 spiro atoms. The van der Waals surface area contributed by atoms with Crippen LogP contribution in [0.25, 0.3) is 16.6 Å². The molecule has 0 aliphatic carbocycles. The number of nitrogens with one attached hydrogen (secondary N) is 1. The van der Waals surface area contributed by atoms with E-state index in [1.165, 1.54) is 0 Å². The molecule has 2 aromatic rings. The number of rotatable bonds is 3. The van der Waals surface area contributed by atoms with Crippen molar-refractivity contribution in [3.63, 3.8) is 0 Å². The van der Waals surface area contributed by atoms with Crippen LogP contribution >= 0.6 is 0 Å². The number of aromatic nitrogens is 3. The maximum atomic E-state index is 9.91. The average Bonchev–Trinajstić information content (AvgIpc) is 2.80. The van der Waals surface area contributed by atoms with Crippen LogP contribution < -0.4 is 0 Å². The molecule has 0 unspecified atom stereocenters. The van der Waals surface area contributed by atoms with Crippen LogP contribution in [0, 0.1) is 0 Å². The molecule has 0 bridgehead atoms. The summed E-state index contributed by atoms with van der Waals surface area (Å²) in [6, 6.07) is 2.00. The molecule has 12 heteroatoms. The number of aromatic amines is 1. The van der Waals surface area contributed by atoms with Crippen molar-refractivity contribution in [2.45, 2.75) is 0 Å². The molecule has 0 aromatic carbocycles. The maximum absolute atomic E-state index is 11.1. The van der Waals surface area contributed by atoms with Gasteiger partial charge in [-0.15, -0.1) is 0 Å². The van der Waals surface area contributed by atoms with Crippen LogP contribution in [-0.2, 0) is 0 Å². The Morgan fingerprint density at radius 1 is 1.12 bits per heavy atom. The van der Waals surface area contributed by atoms with E-state index < -0.39 is 14.2 Å². The zero-order valence-corrected chi connectivity index (χ0v) is 15.8. The monoisotopic (exact) mass is 433 g/mol. The van der Waals surface area contributed by atoms with Gasteiger partial charge in [-0.3, -0.25) is 0 Å². The summed E-state index contributed by atoms with van der Waals surface area (Å²) in [7, 11) is 8.00. The topological polar surface area (TPSA) is 47.8 Å². The van der Waals surface area contributed by atoms with Crippen molar-refractivity contribution >= 4 is 37.0 Å². The summed E-state index contributed by atoms with van der Waals surface area (Å²) in [6.07, 6.45) is 7.57. The van der Waals surface area contributed by atoms with E-state index >= 15 is 0 Å².